The van der Waals surface area contributed by atoms with Crippen LogP contribution in [0.5, 0.6) is 0 Å². The van der Waals surface area contributed by atoms with E-state index in [1.165, 1.54) is 0 Å². The molecule has 2 aromatic carbocycles. The van der Waals surface area contributed by atoms with E-state index < -0.39 is 15.1 Å². The van der Waals surface area contributed by atoms with Crippen LogP contribution in [0.2, 0.25) is 0 Å². The largest absolute Gasteiger partial charge is 0.398 e. The predicted molar refractivity (Wildman–Crippen MR) is 92.1 cm³/mol. The van der Waals surface area contributed by atoms with E-state index in [0.29, 0.717) is 11.3 Å². The van der Waals surface area contributed by atoms with Crippen molar-refractivity contribution in [3.63, 3.8) is 0 Å². The molecular formula is C17H20N2O3S. The second-order valence-electron chi connectivity index (χ2n) is 6.10. The van der Waals surface area contributed by atoms with Crippen LogP contribution in [-0.4, -0.2) is 42.8 Å². The Morgan fingerprint density at radius 3 is 2.43 bits per heavy atom. The maximum atomic E-state index is 12.9. The summed E-state index contributed by atoms with van der Waals surface area (Å²) in [5.41, 5.74) is 6.91. The van der Waals surface area contributed by atoms with Crippen LogP contribution < -0.4 is 5.73 Å². The number of fused-ring (bicyclic) bond motifs is 1. The molecule has 0 saturated carbocycles. The molecule has 23 heavy (non-hydrogen) atoms. The van der Waals surface area contributed by atoms with Gasteiger partial charge >= 0.3 is 0 Å². The Hall–Kier alpha value is -2.08. The first-order chi connectivity index (χ1) is 10.8. The number of nitrogen functional groups attached to an aromatic ring is 1. The summed E-state index contributed by atoms with van der Waals surface area (Å²) in [6.07, 6.45) is 0. The molecule has 6 heteroatoms. The first kappa shape index (κ1) is 15.8. The van der Waals surface area contributed by atoms with E-state index in [1.54, 1.807) is 30.9 Å². The molecule has 0 aliphatic carbocycles. The van der Waals surface area contributed by atoms with Crippen molar-refractivity contribution in [2.24, 2.45) is 0 Å². The quantitative estimate of drug-likeness (QED) is 0.811. The first-order valence-corrected chi connectivity index (χ1v) is 9.33. The zero-order valence-electron chi connectivity index (χ0n) is 13.2. The summed E-state index contributed by atoms with van der Waals surface area (Å²) in [4.78, 5) is 14.5. The lowest BCUT2D eigenvalue weighted by Gasteiger charge is -2.37. The Morgan fingerprint density at radius 2 is 1.78 bits per heavy atom. The molecule has 0 bridgehead atoms. The fraction of sp³-hybridized carbons (Fsp3) is 0.353. The number of sulfone groups is 1. The number of nitrogens with zero attached hydrogens (tertiary/aromatic N) is 1. The van der Waals surface area contributed by atoms with Crippen LogP contribution in [0.1, 0.15) is 24.2 Å². The molecule has 1 saturated heterocycles. The fourth-order valence-electron chi connectivity index (χ4n) is 3.05. The number of carbonyl (C=O) groups excluding carboxylic acids is 1. The molecule has 1 heterocycles. The highest BCUT2D eigenvalue weighted by molar-refractivity contribution is 7.92. The monoisotopic (exact) mass is 332 g/mol. The summed E-state index contributed by atoms with van der Waals surface area (Å²) < 4.78 is 24.0. The molecule has 0 spiro atoms. The van der Waals surface area contributed by atoms with E-state index >= 15 is 0 Å². The van der Waals surface area contributed by atoms with Crippen LogP contribution in [0, 0.1) is 0 Å². The van der Waals surface area contributed by atoms with Gasteiger partial charge in [0, 0.05) is 18.3 Å². The van der Waals surface area contributed by atoms with Gasteiger partial charge in [0.1, 0.15) is 0 Å². The topological polar surface area (TPSA) is 80.5 Å². The second kappa shape index (κ2) is 5.53. The van der Waals surface area contributed by atoms with Crippen molar-refractivity contribution >= 4 is 32.2 Å². The Labute approximate surface area is 136 Å². The average molecular weight is 332 g/mol. The Kier molecular flexibility index (Phi) is 3.80. The standard InChI is InChI=1S/C17H20N2O3S/c1-11-12(2)23(21,22)8-7-19(11)17(20)15-9-13-5-3-4-6-14(13)10-16(15)18/h3-6,9-12H,7-8,18H2,1-2H3/t11-,12+/m0/s1. The van der Waals surface area contributed by atoms with Gasteiger partial charge < -0.3 is 10.6 Å². The third kappa shape index (κ3) is 2.67. The summed E-state index contributed by atoms with van der Waals surface area (Å²) >= 11 is 0. The smallest absolute Gasteiger partial charge is 0.256 e. The van der Waals surface area contributed by atoms with E-state index in [0.717, 1.165) is 10.8 Å². The number of hydrogen-bond donors (Lipinski definition) is 1. The van der Waals surface area contributed by atoms with Gasteiger partial charge in [-0.05, 0) is 36.8 Å². The number of nitrogens with two attached hydrogens (primary N) is 1. The average Bonchev–Trinajstić information content (AvgIpc) is 2.51. The van der Waals surface area contributed by atoms with Gasteiger partial charge in [-0.3, -0.25) is 4.79 Å². The van der Waals surface area contributed by atoms with Crippen LogP contribution in [0.4, 0.5) is 5.69 Å². The predicted octanol–water partition coefficient (Wildman–Crippen LogP) is 2.07. The highest BCUT2D eigenvalue weighted by atomic mass is 32.2. The van der Waals surface area contributed by atoms with Crippen LogP contribution in [0.25, 0.3) is 10.8 Å². The minimum Gasteiger partial charge on any atom is -0.398 e. The van der Waals surface area contributed by atoms with Gasteiger partial charge in [0.25, 0.3) is 5.91 Å². The molecule has 0 radical (unpaired) electrons. The molecule has 5 nitrogen and oxygen atoms in total. The zero-order chi connectivity index (χ0) is 16.8. The molecular weight excluding hydrogens is 312 g/mol. The van der Waals surface area contributed by atoms with E-state index in [1.807, 2.05) is 24.3 Å². The maximum absolute atomic E-state index is 12.9. The summed E-state index contributed by atoms with van der Waals surface area (Å²) in [5, 5.41) is 1.35. The number of rotatable bonds is 1. The number of benzene rings is 2. The zero-order valence-corrected chi connectivity index (χ0v) is 14.0. The number of anilines is 1. The minimum atomic E-state index is -3.13. The van der Waals surface area contributed by atoms with Gasteiger partial charge in [0.15, 0.2) is 9.84 Å². The summed E-state index contributed by atoms with van der Waals surface area (Å²) in [5.74, 6) is -0.208. The van der Waals surface area contributed by atoms with Crippen LogP contribution >= 0.6 is 0 Å². The number of amides is 1. The van der Waals surface area contributed by atoms with E-state index in [-0.39, 0.29) is 24.2 Å². The van der Waals surface area contributed by atoms with Crippen LogP contribution in [-0.2, 0) is 9.84 Å². The van der Waals surface area contributed by atoms with Crippen molar-refractivity contribution in [3.8, 4) is 0 Å². The third-order valence-electron chi connectivity index (χ3n) is 4.76. The van der Waals surface area contributed by atoms with Crippen molar-refractivity contribution < 1.29 is 13.2 Å². The molecule has 2 atom stereocenters. The number of carbonyl (C=O) groups is 1. The van der Waals surface area contributed by atoms with E-state index in [4.69, 9.17) is 5.73 Å². The molecule has 2 N–H and O–H groups in total. The van der Waals surface area contributed by atoms with Crippen molar-refractivity contribution in [2.45, 2.75) is 25.1 Å². The Bertz CT molecular complexity index is 877. The summed E-state index contributed by atoms with van der Waals surface area (Å²) in [6.45, 7) is 3.64. The lowest BCUT2D eigenvalue weighted by Crippen LogP contribution is -2.54. The molecule has 3 rings (SSSR count). The second-order valence-corrected chi connectivity index (χ2v) is 8.58. The maximum Gasteiger partial charge on any atom is 0.256 e. The number of hydrogen-bond acceptors (Lipinski definition) is 4. The highest BCUT2D eigenvalue weighted by Gasteiger charge is 2.38. The van der Waals surface area contributed by atoms with E-state index in [9.17, 15) is 13.2 Å². The lowest BCUT2D eigenvalue weighted by atomic mass is 10.0. The van der Waals surface area contributed by atoms with Crippen molar-refractivity contribution in [3.05, 3.63) is 42.0 Å². The van der Waals surface area contributed by atoms with Gasteiger partial charge in [0.05, 0.1) is 16.6 Å². The fourth-order valence-corrected chi connectivity index (χ4v) is 4.62. The molecule has 1 amide bonds. The van der Waals surface area contributed by atoms with Crippen molar-refractivity contribution in [1.29, 1.82) is 0 Å². The molecule has 2 aromatic rings. The molecule has 122 valence electrons. The van der Waals surface area contributed by atoms with Crippen molar-refractivity contribution in [2.75, 3.05) is 18.0 Å². The molecule has 1 aliphatic heterocycles. The van der Waals surface area contributed by atoms with E-state index in [2.05, 4.69) is 0 Å². The minimum absolute atomic E-state index is 0.00225. The lowest BCUT2D eigenvalue weighted by molar-refractivity contribution is 0.0694. The highest BCUT2D eigenvalue weighted by Crippen LogP contribution is 2.26. The van der Waals surface area contributed by atoms with Gasteiger partial charge in [-0.15, -0.1) is 0 Å². The Morgan fingerprint density at radius 1 is 1.17 bits per heavy atom. The normalized spacial score (nSPS) is 23.8. The van der Waals surface area contributed by atoms with Gasteiger partial charge in [0.2, 0.25) is 0 Å². The third-order valence-corrected chi connectivity index (χ3v) is 7.04. The molecule has 1 fully saturated rings. The van der Waals surface area contributed by atoms with Gasteiger partial charge in [-0.1, -0.05) is 24.3 Å². The SMILES string of the molecule is C[C@@H]1[C@H](C)N(C(=O)c2cc3ccccc3cc2N)CCS1(=O)=O. The van der Waals surface area contributed by atoms with Crippen molar-refractivity contribution in [1.82, 2.24) is 4.90 Å². The first-order valence-electron chi connectivity index (χ1n) is 7.62. The van der Waals surface area contributed by atoms with Crippen LogP contribution in [0.3, 0.4) is 0 Å². The Balaban J connectivity index is 1.99. The molecule has 0 unspecified atom stereocenters. The van der Waals surface area contributed by atoms with Gasteiger partial charge in [-0.2, -0.15) is 0 Å². The summed E-state index contributed by atoms with van der Waals surface area (Å²) in [7, 11) is -3.13. The van der Waals surface area contributed by atoms with Crippen LogP contribution in [0.15, 0.2) is 36.4 Å². The van der Waals surface area contributed by atoms with Gasteiger partial charge in [-0.25, -0.2) is 8.42 Å². The summed E-state index contributed by atoms with van der Waals surface area (Å²) in [6, 6.07) is 10.9. The molecule has 0 aromatic heterocycles. The molecule has 1 aliphatic rings.